The highest BCUT2D eigenvalue weighted by atomic mass is 32.2. The molecule has 3 heterocycles. The van der Waals surface area contributed by atoms with Crippen molar-refractivity contribution in [2.24, 2.45) is 4.99 Å². The van der Waals surface area contributed by atoms with Gasteiger partial charge < -0.3 is 5.73 Å². The van der Waals surface area contributed by atoms with Gasteiger partial charge in [-0.2, -0.15) is 4.98 Å². The minimum absolute atomic E-state index is 0.209. The van der Waals surface area contributed by atoms with E-state index in [1.165, 1.54) is 17.4 Å². The molecule has 25 heavy (non-hydrogen) atoms. The largest absolute Gasteiger partial charge is 0.384 e. The molecule has 9 heteroatoms. The van der Waals surface area contributed by atoms with Crippen LogP contribution in [0.1, 0.15) is 5.56 Å². The summed E-state index contributed by atoms with van der Waals surface area (Å²) in [5.41, 5.74) is 7.34. The summed E-state index contributed by atoms with van der Waals surface area (Å²) >= 11 is 1.21. The van der Waals surface area contributed by atoms with Gasteiger partial charge in [-0.25, -0.2) is 8.42 Å². The van der Waals surface area contributed by atoms with E-state index >= 15 is 0 Å². The Hall–Kier alpha value is -2.78. The van der Waals surface area contributed by atoms with Crippen molar-refractivity contribution in [2.45, 2.75) is 4.90 Å². The Bertz CT molecular complexity index is 1280. The van der Waals surface area contributed by atoms with Crippen molar-refractivity contribution < 1.29 is 8.42 Å². The van der Waals surface area contributed by atoms with Gasteiger partial charge in [0.25, 0.3) is 5.56 Å². The lowest BCUT2D eigenvalue weighted by Crippen LogP contribution is -2.16. The summed E-state index contributed by atoms with van der Waals surface area (Å²) in [6.07, 6.45) is 7.89. The van der Waals surface area contributed by atoms with Crippen LogP contribution in [0, 0.1) is 0 Å². The van der Waals surface area contributed by atoms with E-state index in [1.54, 1.807) is 41.0 Å². The molecule has 0 amide bonds. The Balaban J connectivity index is 2.04. The molecule has 2 N–H and O–H groups in total. The van der Waals surface area contributed by atoms with Gasteiger partial charge in [-0.15, -0.1) is 0 Å². The minimum atomic E-state index is -3.32. The van der Waals surface area contributed by atoms with E-state index in [-0.39, 0.29) is 16.3 Å². The van der Waals surface area contributed by atoms with Crippen LogP contribution in [-0.4, -0.2) is 30.3 Å². The van der Waals surface area contributed by atoms with Crippen LogP contribution in [0.15, 0.2) is 50.7 Å². The van der Waals surface area contributed by atoms with Crippen molar-refractivity contribution in [1.82, 2.24) is 9.38 Å². The third kappa shape index (κ3) is 2.57. The molecule has 2 aromatic heterocycles. The van der Waals surface area contributed by atoms with E-state index in [1.807, 2.05) is 0 Å². The van der Waals surface area contributed by atoms with Gasteiger partial charge in [0, 0.05) is 12.5 Å². The van der Waals surface area contributed by atoms with Gasteiger partial charge in [0.1, 0.15) is 5.82 Å². The molecule has 3 aromatic rings. The van der Waals surface area contributed by atoms with E-state index in [9.17, 15) is 13.2 Å². The number of benzene rings is 1. The number of allylic oxidation sites excluding steroid dienone is 2. The minimum Gasteiger partial charge on any atom is -0.384 e. The van der Waals surface area contributed by atoms with Crippen LogP contribution in [0.2, 0.25) is 0 Å². The molecule has 7 nitrogen and oxygen atoms in total. The molecule has 0 bridgehead atoms. The monoisotopic (exact) mass is 372 g/mol. The Morgan fingerprint density at radius 1 is 1.32 bits per heavy atom. The van der Waals surface area contributed by atoms with Crippen molar-refractivity contribution in [1.29, 1.82) is 0 Å². The number of hydrogen-bond donors (Lipinski definition) is 1. The molecule has 1 aliphatic heterocycles. The first-order chi connectivity index (χ1) is 11.8. The molecular weight excluding hydrogens is 360 g/mol. The molecule has 4 rings (SSSR count). The first-order valence-electron chi connectivity index (χ1n) is 7.22. The topological polar surface area (TPSA) is 107 Å². The standard InChI is InChI=1S/C16H12N4O3S2/c1-25(22,23)10-4-5-12-13(8-10)24-16-19-15(21)11(14(17)20(12)16)7-9-3-2-6-18-9/h2-8H,17H2,1H3/b9-7-. The third-order valence-corrected chi connectivity index (χ3v) is 5.92. The van der Waals surface area contributed by atoms with Crippen molar-refractivity contribution in [3.05, 3.63) is 52.0 Å². The second-order valence-electron chi connectivity index (χ2n) is 5.54. The second kappa shape index (κ2) is 5.36. The molecule has 1 aliphatic rings. The zero-order chi connectivity index (χ0) is 17.8. The summed E-state index contributed by atoms with van der Waals surface area (Å²) in [7, 11) is -3.32. The van der Waals surface area contributed by atoms with Crippen LogP contribution in [0.5, 0.6) is 0 Å². The zero-order valence-electron chi connectivity index (χ0n) is 13.0. The number of hydrogen-bond acceptors (Lipinski definition) is 7. The Kier molecular flexibility index (Phi) is 3.37. The molecule has 0 radical (unpaired) electrons. The summed E-state index contributed by atoms with van der Waals surface area (Å²) < 4.78 is 25.8. The maximum atomic E-state index is 12.3. The normalized spacial score (nSPS) is 15.8. The maximum absolute atomic E-state index is 12.3. The van der Waals surface area contributed by atoms with Crippen LogP contribution < -0.4 is 11.3 Å². The summed E-state index contributed by atoms with van der Waals surface area (Å²) in [6, 6.07) is 4.75. The summed E-state index contributed by atoms with van der Waals surface area (Å²) in [5, 5.41) is 0. The van der Waals surface area contributed by atoms with Crippen molar-refractivity contribution in [2.75, 3.05) is 12.0 Å². The number of nitrogens with two attached hydrogens (primary N) is 1. The summed E-state index contributed by atoms with van der Waals surface area (Å²) in [5.74, 6) is 0.247. The van der Waals surface area contributed by atoms with Gasteiger partial charge in [-0.3, -0.25) is 14.2 Å². The number of anilines is 1. The number of thiazole rings is 1. The maximum Gasteiger partial charge on any atom is 0.283 e. The highest BCUT2D eigenvalue weighted by Crippen LogP contribution is 2.30. The van der Waals surface area contributed by atoms with Gasteiger partial charge in [0.15, 0.2) is 14.8 Å². The highest BCUT2D eigenvalue weighted by molar-refractivity contribution is 7.90. The Morgan fingerprint density at radius 3 is 2.80 bits per heavy atom. The van der Waals surface area contributed by atoms with E-state index in [2.05, 4.69) is 9.98 Å². The zero-order valence-corrected chi connectivity index (χ0v) is 14.6. The molecule has 0 fully saturated rings. The van der Waals surface area contributed by atoms with Gasteiger partial charge >= 0.3 is 0 Å². The van der Waals surface area contributed by atoms with Crippen molar-refractivity contribution >= 4 is 54.5 Å². The number of fused-ring (bicyclic) bond motifs is 3. The highest BCUT2D eigenvalue weighted by Gasteiger charge is 2.16. The lowest BCUT2D eigenvalue weighted by Gasteiger charge is -2.05. The molecule has 126 valence electrons. The fourth-order valence-electron chi connectivity index (χ4n) is 2.60. The van der Waals surface area contributed by atoms with Crippen LogP contribution in [0.4, 0.5) is 5.82 Å². The molecular formula is C16H12N4O3S2. The van der Waals surface area contributed by atoms with Crippen molar-refractivity contribution in [3.63, 3.8) is 0 Å². The second-order valence-corrected chi connectivity index (χ2v) is 8.57. The van der Waals surface area contributed by atoms with Crippen LogP contribution >= 0.6 is 11.3 Å². The molecule has 0 unspecified atom stereocenters. The van der Waals surface area contributed by atoms with E-state index in [4.69, 9.17) is 5.73 Å². The number of rotatable bonds is 2. The molecule has 0 saturated heterocycles. The molecule has 0 atom stereocenters. The Morgan fingerprint density at radius 2 is 2.12 bits per heavy atom. The SMILES string of the molecule is CS(=O)(=O)c1ccc2c(c1)sc1nc(=O)c(/C=C3/C=CC=N3)c(N)n12. The van der Waals surface area contributed by atoms with Crippen LogP contribution in [0.3, 0.4) is 0 Å². The van der Waals surface area contributed by atoms with E-state index in [0.29, 0.717) is 20.9 Å². The van der Waals surface area contributed by atoms with Crippen molar-refractivity contribution in [3.8, 4) is 0 Å². The summed E-state index contributed by atoms with van der Waals surface area (Å²) in [4.78, 5) is 21.1. The van der Waals surface area contributed by atoms with Gasteiger partial charge in [-0.1, -0.05) is 11.3 Å². The molecule has 0 spiro atoms. The van der Waals surface area contributed by atoms with E-state index in [0.717, 1.165) is 6.26 Å². The average Bonchev–Trinajstić information content (AvgIpc) is 3.16. The van der Waals surface area contributed by atoms with Crippen LogP contribution in [0.25, 0.3) is 21.3 Å². The first-order valence-corrected chi connectivity index (χ1v) is 9.93. The third-order valence-electron chi connectivity index (χ3n) is 3.81. The first kappa shape index (κ1) is 15.7. The number of nitrogens with zero attached hydrogens (tertiary/aromatic N) is 3. The van der Waals surface area contributed by atoms with E-state index < -0.39 is 15.4 Å². The number of aromatic nitrogens is 2. The molecule has 1 aromatic carbocycles. The fourth-order valence-corrected chi connectivity index (χ4v) is 4.39. The predicted octanol–water partition coefficient (Wildman–Crippen LogP) is 1.88. The number of nitrogen functional groups attached to an aromatic ring is 1. The summed E-state index contributed by atoms with van der Waals surface area (Å²) in [6.45, 7) is 0. The lowest BCUT2D eigenvalue weighted by atomic mass is 10.2. The van der Waals surface area contributed by atoms with Gasteiger partial charge in [0.2, 0.25) is 0 Å². The van der Waals surface area contributed by atoms with Gasteiger partial charge in [0.05, 0.1) is 26.4 Å². The lowest BCUT2D eigenvalue weighted by molar-refractivity contribution is 0.602. The predicted molar refractivity (Wildman–Crippen MR) is 100.0 cm³/mol. The van der Waals surface area contributed by atoms with Gasteiger partial charge in [-0.05, 0) is 36.4 Å². The number of sulfone groups is 1. The Labute approximate surface area is 146 Å². The quantitative estimate of drug-likeness (QED) is 0.739. The molecule has 0 saturated carbocycles. The number of aliphatic imine (C=N–C) groups is 1. The van der Waals surface area contributed by atoms with Crippen LogP contribution in [-0.2, 0) is 9.84 Å². The fraction of sp³-hybridized carbons (Fsp3) is 0.0625. The smallest absolute Gasteiger partial charge is 0.283 e. The molecule has 0 aliphatic carbocycles. The average molecular weight is 372 g/mol.